The van der Waals surface area contributed by atoms with Crippen molar-refractivity contribution in [2.75, 3.05) is 7.05 Å². The van der Waals surface area contributed by atoms with Gasteiger partial charge >= 0.3 is 5.97 Å². The SMILES string of the molecule is CNS(=O)(=O)c1ccc(CCC(=O)NC2(C(=O)O)CCCCC2)cc1. The lowest BCUT2D eigenvalue weighted by atomic mass is 9.81. The Labute approximate surface area is 147 Å². The number of rotatable bonds is 7. The normalized spacial score (nSPS) is 17.0. The van der Waals surface area contributed by atoms with E-state index in [1.165, 1.54) is 19.2 Å². The average Bonchev–Trinajstić information content (AvgIpc) is 2.61. The van der Waals surface area contributed by atoms with Crippen molar-refractivity contribution in [2.24, 2.45) is 0 Å². The standard InChI is InChI=1S/C17H24N2O5S/c1-18-25(23,24)14-8-5-13(6-9-14)7-10-15(20)19-17(16(21)22)11-3-2-4-12-17/h5-6,8-9,18H,2-4,7,10-12H2,1H3,(H,19,20)(H,21,22). The summed E-state index contributed by atoms with van der Waals surface area (Å²) in [6, 6.07) is 6.29. The zero-order chi connectivity index (χ0) is 18.5. The lowest BCUT2D eigenvalue weighted by Crippen LogP contribution is -2.55. The third kappa shape index (κ3) is 4.79. The highest BCUT2D eigenvalue weighted by molar-refractivity contribution is 7.89. The van der Waals surface area contributed by atoms with Gasteiger partial charge in [-0.25, -0.2) is 17.9 Å². The third-order valence-corrected chi connectivity index (χ3v) is 6.07. The monoisotopic (exact) mass is 368 g/mol. The highest BCUT2D eigenvalue weighted by Crippen LogP contribution is 2.28. The van der Waals surface area contributed by atoms with Crippen molar-refractivity contribution < 1.29 is 23.1 Å². The van der Waals surface area contributed by atoms with E-state index in [-0.39, 0.29) is 17.2 Å². The van der Waals surface area contributed by atoms with E-state index in [0.29, 0.717) is 19.3 Å². The number of carboxylic acid groups (broad SMARTS) is 1. The van der Waals surface area contributed by atoms with E-state index >= 15 is 0 Å². The minimum absolute atomic E-state index is 0.160. The van der Waals surface area contributed by atoms with Crippen molar-refractivity contribution >= 4 is 21.9 Å². The van der Waals surface area contributed by atoms with Crippen LogP contribution >= 0.6 is 0 Å². The molecule has 7 nitrogen and oxygen atoms in total. The van der Waals surface area contributed by atoms with Crippen molar-refractivity contribution in [3.8, 4) is 0 Å². The van der Waals surface area contributed by atoms with E-state index in [1.54, 1.807) is 12.1 Å². The summed E-state index contributed by atoms with van der Waals surface area (Å²) < 4.78 is 25.6. The van der Waals surface area contributed by atoms with Gasteiger partial charge in [0.05, 0.1) is 4.90 Å². The first-order valence-electron chi connectivity index (χ1n) is 8.36. The molecule has 0 spiro atoms. The van der Waals surface area contributed by atoms with Gasteiger partial charge in [0.2, 0.25) is 15.9 Å². The molecule has 1 amide bonds. The van der Waals surface area contributed by atoms with Gasteiger partial charge in [-0.05, 0) is 44.0 Å². The van der Waals surface area contributed by atoms with Crippen molar-refractivity contribution in [1.29, 1.82) is 0 Å². The molecule has 1 aliphatic rings. The van der Waals surface area contributed by atoms with Crippen LogP contribution in [0.1, 0.15) is 44.1 Å². The van der Waals surface area contributed by atoms with Gasteiger partial charge in [0.1, 0.15) is 5.54 Å². The van der Waals surface area contributed by atoms with Crippen molar-refractivity contribution in [2.45, 2.75) is 55.4 Å². The summed E-state index contributed by atoms with van der Waals surface area (Å²) in [4.78, 5) is 23.9. The Kier molecular flexibility index (Phi) is 6.18. The number of hydrogen-bond donors (Lipinski definition) is 3. The molecule has 0 radical (unpaired) electrons. The van der Waals surface area contributed by atoms with Crippen LogP contribution in [0.5, 0.6) is 0 Å². The second-order valence-corrected chi connectivity index (χ2v) is 8.23. The molecule has 0 bridgehead atoms. The van der Waals surface area contributed by atoms with Gasteiger partial charge in [-0.3, -0.25) is 4.79 Å². The van der Waals surface area contributed by atoms with Crippen molar-refractivity contribution in [3.63, 3.8) is 0 Å². The zero-order valence-electron chi connectivity index (χ0n) is 14.2. The predicted molar refractivity (Wildman–Crippen MR) is 92.6 cm³/mol. The maximum absolute atomic E-state index is 12.2. The quantitative estimate of drug-likeness (QED) is 0.674. The second-order valence-electron chi connectivity index (χ2n) is 6.35. The number of benzene rings is 1. The number of aryl methyl sites for hydroxylation is 1. The van der Waals surface area contributed by atoms with E-state index in [9.17, 15) is 23.1 Å². The summed E-state index contributed by atoms with van der Waals surface area (Å²) in [6.45, 7) is 0. The van der Waals surface area contributed by atoms with Crippen molar-refractivity contribution in [1.82, 2.24) is 10.0 Å². The molecule has 0 atom stereocenters. The van der Waals surface area contributed by atoms with E-state index in [1.807, 2.05) is 0 Å². The third-order valence-electron chi connectivity index (χ3n) is 4.64. The molecule has 2 rings (SSSR count). The first kappa shape index (κ1) is 19.4. The number of carboxylic acids is 1. The first-order chi connectivity index (χ1) is 11.8. The van der Waals surface area contributed by atoms with Crippen LogP contribution in [0.15, 0.2) is 29.2 Å². The van der Waals surface area contributed by atoms with Crippen LogP contribution in [0.2, 0.25) is 0 Å². The molecule has 138 valence electrons. The molecular weight excluding hydrogens is 344 g/mol. The lowest BCUT2D eigenvalue weighted by Gasteiger charge is -2.34. The van der Waals surface area contributed by atoms with Crippen LogP contribution in [0.25, 0.3) is 0 Å². The summed E-state index contributed by atoms with van der Waals surface area (Å²) in [5, 5.41) is 12.2. The molecule has 1 saturated carbocycles. The largest absolute Gasteiger partial charge is 0.480 e. The number of sulfonamides is 1. The summed E-state index contributed by atoms with van der Waals surface area (Å²) in [6.07, 6.45) is 4.10. The van der Waals surface area contributed by atoms with Crippen LogP contribution < -0.4 is 10.0 Å². The Morgan fingerprint density at radius 1 is 1.12 bits per heavy atom. The fraction of sp³-hybridized carbons (Fsp3) is 0.529. The summed E-state index contributed by atoms with van der Waals surface area (Å²) >= 11 is 0. The maximum atomic E-state index is 12.2. The smallest absolute Gasteiger partial charge is 0.329 e. The topological polar surface area (TPSA) is 113 Å². The maximum Gasteiger partial charge on any atom is 0.329 e. The molecule has 1 fully saturated rings. The number of amides is 1. The molecule has 3 N–H and O–H groups in total. The van der Waals surface area contributed by atoms with Gasteiger partial charge in [0, 0.05) is 6.42 Å². The molecule has 25 heavy (non-hydrogen) atoms. The first-order valence-corrected chi connectivity index (χ1v) is 9.84. The van der Waals surface area contributed by atoms with Gasteiger partial charge in [-0.15, -0.1) is 0 Å². The number of aliphatic carboxylic acids is 1. The van der Waals surface area contributed by atoms with Crippen molar-refractivity contribution in [3.05, 3.63) is 29.8 Å². The zero-order valence-corrected chi connectivity index (χ0v) is 15.1. The summed E-state index contributed by atoms with van der Waals surface area (Å²) in [7, 11) is -2.13. The van der Waals surface area contributed by atoms with E-state index in [2.05, 4.69) is 10.0 Å². The number of hydrogen-bond acceptors (Lipinski definition) is 4. The Bertz CT molecular complexity index is 722. The lowest BCUT2D eigenvalue weighted by molar-refractivity contribution is -0.149. The fourth-order valence-electron chi connectivity index (χ4n) is 3.09. The van der Waals surface area contributed by atoms with Crippen LogP contribution in [0.3, 0.4) is 0 Å². The molecule has 8 heteroatoms. The minimum atomic E-state index is -3.48. The molecule has 0 saturated heterocycles. The number of nitrogens with one attached hydrogen (secondary N) is 2. The predicted octanol–water partition coefficient (Wildman–Crippen LogP) is 1.43. The van der Waals surface area contributed by atoms with Crippen LogP contribution in [-0.4, -0.2) is 38.0 Å². The number of carbonyl (C=O) groups is 2. The van der Waals surface area contributed by atoms with E-state index in [0.717, 1.165) is 24.8 Å². The van der Waals surface area contributed by atoms with Gasteiger partial charge in [-0.1, -0.05) is 31.4 Å². The molecule has 1 aromatic carbocycles. The molecule has 0 heterocycles. The summed E-state index contributed by atoms with van der Waals surface area (Å²) in [5.41, 5.74) is -0.321. The van der Waals surface area contributed by atoms with Crippen LogP contribution in [0.4, 0.5) is 0 Å². The molecule has 0 unspecified atom stereocenters. The Morgan fingerprint density at radius 2 is 1.72 bits per heavy atom. The molecule has 0 aromatic heterocycles. The Balaban J connectivity index is 1.94. The summed E-state index contributed by atoms with van der Waals surface area (Å²) in [5.74, 6) is -1.27. The van der Waals surface area contributed by atoms with Gasteiger partial charge in [-0.2, -0.15) is 0 Å². The van der Waals surface area contributed by atoms with Gasteiger partial charge < -0.3 is 10.4 Å². The van der Waals surface area contributed by atoms with Crippen LogP contribution in [0, 0.1) is 0 Å². The fourth-order valence-corrected chi connectivity index (χ4v) is 3.82. The number of carbonyl (C=O) groups excluding carboxylic acids is 1. The Hall–Kier alpha value is -1.93. The second kappa shape index (κ2) is 7.97. The molecule has 0 aliphatic heterocycles. The average molecular weight is 368 g/mol. The highest BCUT2D eigenvalue weighted by Gasteiger charge is 2.40. The molecule has 1 aromatic rings. The molecular formula is C17H24N2O5S. The van der Waals surface area contributed by atoms with Gasteiger partial charge in [0.15, 0.2) is 0 Å². The van der Waals surface area contributed by atoms with E-state index in [4.69, 9.17) is 0 Å². The van der Waals surface area contributed by atoms with Gasteiger partial charge in [0.25, 0.3) is 0 Å². The Morgan fingerprint density at radius 3 is 2.24 bits per heavy atom. The molecule has 1 aliphatic carbocycles. The van der Waals surface area contributed by atoms with E-state index < -0.39 is 21.5 Å². The minimum Gasteiger partial charge on any atom is -0.480 e. The van der Waals surface area contributed by atoms with Crippen LogP contribution in [-0.2, 0) is 26.0 Å². The highest BCUT2D eigenvalue weighted by atomic mass is 32.2.